The van der Waals surface area contributed by atoms with Crippen molar-refractivity contribution in [2.24, 2.45) is 5.92 Å². The molecule has 0 radical (unpaired) electrons. The van der Waals surface area contributed by atoms with Gasteiger partial charge in [-0.1, -0.05) is 0 Å². The summed E-state index contributed by atoms with van der Waals surface area (Å²) >= 11 is 0. The molecule has 0 aliphatic heterocycles. The number of hydrogen-bond acceptors (Lipinski definition) is 5. The van der Waals surface area contributed by atoms with E-state index in [9.17, 15) is 13.2 Å². The molecule has 8 heteroatoms. The van der Waals surface area contributed by atoms with Gasteiger partial charge >= 0.3 is 5.76 Å². The van der Waals surface area contributed by atoms with Crippen LogP contribution in [0, 0.1) is 5.92 Å². The number of nitrogens with one attached hydrogen (secondary N) is 2. The highest BCUT2D eigenvalue weighted by Gasteiger charge is 2.32. The van der Waals surface area contributed by atoms with Crippen molar-refractivity contribution < 1.29 is 12.8 Å². The van der Waals surface area contributed by atoms with Gasteiger partial charge in [0.05, 0.1) is 10.3 Å². The molecule has 3 rings (SSSR count). The second-order valence-electron chi connectivity index (χ2n) is 9.35. The summed E-state index contributed by atoms with van der Waals surface area (Å²) < 4.78 is 33.7. The molecule has 1 aromatic heterocycles. The zero-order valence-corrected chi connectivity index (χ0v) is 18.8. The normalized spacial score (nSPS) is 21.0. The number of benzene rings is 1. The predicted molar refractivity (Wildman–Crippen MR) is 117 cm³/mol. The molecule has 0 bridgehead atoms. The molecule has 0 atom stereocenters. The third-order valence-electron chi connectivity index (χ3n) is 5.70. The van der Waals surface area contributed by atoms with Crippen LogP contribution in [0.3, 0.4) is 0 Å². The lowest BCUT2D eigenvalue weighted by molar-refractivity contribution is 0.322. The van der Waals surface area contributed by atoms with E-state index in [1.54, 1.807) is 25.3 Å². The number of nitrogens with zero attached hydrogens (tertiary/aromatic N) is 1. The van der Waals surface area contributed by atoms with Crippen molar-refractivity contribution in [1.29, 1.82) is 0 Å². The van der Waals surface area contributed by atoms with Crippen LogP contribution in [0.2, 0.25) is 0 Å². The lowest BCUT2D eigenvalue weighted by Gasteiger charge is -2.31. The summed E-state index contributed by atoms with van der Waals surface area (Å²) in [4.78, 5) is 12.0. The number of hydrogen-bond donors (Lipinski definition) is 2. The van der Waals surface area contributed by atoms with E-state index in [1.807, 2.05) is 32.0 Å². The summed E-state index contributed by atoms with van der Waals surface area (Å²) in [6.45, 7) is 9.92. The van der Waals surface area contributed by atoms with Crippen LogP contribution < -0.4 is 15.8 Å². The van der Waals surface area contributed by atoms with E-state index in [4.69, 9.17) is 4.42 Å². The molecule has 1 fully saturated rings. The molecule has 2 N–H and O–H groups in total. The van der Waals surface area contributed by atoms with Gasteiger partial charge in [-0.15, -0.1) is 0 Å². The van der Waals surface area contributed by atoms with Crippen LogP contribution in [0.1, 0.15) is 66.3 Å². The van der Waals surface area contributed by atoms with Crippen LogP contribution in [0.15, 0.2) is 27.4 Å². The number of aromatic nitrogens is 1. The molecule has 1 saturated carbocycles. The fourth-order valence-electron chi connectivity index (χ4n) is 3.78. The van der Waals surface area contributed by atoms with Crippen molar-refractivity contribution in [1.82, 2.24) is 9.29 Å². The number of fused-ring (bicyclic) bond motifs is 1. The fourth-order valence-corrected chi connectivity index (χ4v) is 4.80. The van der Waals surface area contributed by atoms with Gasteiger partial charge in [-0.3, -0.25) is 4.57 Å². The largest absolute Gasteiger partial charge is 0.420 e. The molecule has 7 nitrogen and oxygen atoms in total. The second-order valence-corrected chi connectivity index (χ2v) is 11.8. The molecular formula is C21H33N3O4S. The molecule has 0 spiro atoms. The van der Waals surface area contributed by atoms with E-state index in [-0.39, 0.29) is 17.8 Å². The second kappa shape index (κ2) is 8.14. The Kier molecular flexibility index (Phi) is 6.15. The lowest BCUT2D eigenvalue weighted by atomic mass is 9.86. The minimum atomic E-state index is -3.30. The van der Waals surface area contributed by atoms with Gasteiger partial charge in [-0.2, -0.15) is 0 Å². The first-order valence-corrected chi connectivity index (χ1v) is 11.9. The van der Waals surface area contributed by atoms with Crippen LogP contribution in [0.5, 0.6) is 0 Å². The summed E-state index contributed by atoms with van der Waals surface area (Å²) in [5, 5.41) is 3.47. The Bertz CT molecular complexity index is 1010. The summed E-state index contributed by atoms with van der Waals surface area (Å²) in [6, 6.07) is 5.78. The van der Waals surface area contributed by atoms with Gasteiger partial charge in [0.1, 0.15) is 0 Å². The van der Waals surface area contributed by atoms with E-state index < -0.39 is 14.8 Å². The van der Waals surface area contributed by atoms with E-state index in [1.165, 1.54) is 0 Å². The highest BCUT2D eigenvalue weighted by atomic mass is 32.2. The highest BCUT2D eigenvalue weighted by molar-refractivity contribution is 7.90. The van der Waals surface area contributed by atoms with Gasteiger partial charge in [-0.25, -0.2) is 17.9 Å². The van der Waals surface area contributed by atoms with Crippen LogP contribution in [0.4, 0.5) is 5.69 Å². The molecule has 29 heavy (non-hydrogen) atoms. The van der Waals surface area contributed by atoms with Crippen molar-refractivity contribution in [2.75, 3.05) is 11.9 Å². The Morgan fingerprint density at radius 3 is 2.41 bits per heavy atom. The van der Waals surface area contributed by atoms with Crippen LogP contribution >= 0.6 is 0 Å². The number of rotatable bonds is 6. The maximum absolute atomic E-state index is 12.3. The smallest absolute Gasteiger partial charge is 0.408 e. The van der Waals surface area contributed by atoms with Crippen molar-refractivity contribution in [3.63, 3.8) is 0 Å². The van der Waals surface area contributed by atoms with Crippen molar-refractivity contribution >= 4 is 26.8 Å². The fraction of sp³-hybridized carbons (Fsp3) is 0.667. The summed E-state index contributed by atoms with van der Waals surface area (Å²) in [6.07, 6.45) is 3.68. The van der Waals surface area contributed by atoms with Crippen molar-refractivity contribution in [2.45, 2.75) is 77.1 Å². The topological polar surface area (TPSA) is 93.3 Å². The number of anilines is 1. The molecule has 1 aliphatic rings. The first-order chi connectivity index (χ1) is 13.5. The van der Waals surface area contributed by atoms with Crippen molar-refractivity contribution in [3.8, 4) is 0 Å². The first-order valence-electron chi connectivity index (χ1n) is 10.4. The Balaban J connectivity index is 1.57. The van der Waals surface area contributed by atoms with Gasteiger partial charge in [0.15, 0.2) is 5.58 Å². The maximum atomic E-state index is 12.3. The molecule has 1 aromatic carbocycles. The van der Waals surface area contributed by atoms with E-state index >= 15 is 0 Å². The Morgan fingerprint density at radius 2 is 1.83 bits per heavy atom. The molecule has 2 aromatic rings. The Hall–Kier alpha value is -1.80. The van der Waals surface area contributed by atoms with Gasteiger partial charge in [0, 0.05) is 24.3 Å². The summed E-state index contributed by atoms with van der Waals surface area (Å²) in [7, 11) is -3.30. The molecule has 0 saturated heterocycles. The van der Waals surface area contributed by atoms with Gasteiger partial charge < -0.3 is 9.73 Å². The van der Waals surface area contributed by atoms with E-state index in [0.29, 0.717) is 11.5 Å². The lowest BCUT2D eigenvalue weighted by Crippen LogP contribution is -2.46. The van der Waals surface area contributed by atoms with Crippen molar-refractivity contribution in [3.05, 3.63) is 28.7 Å². The molecule has 162 valence electrons. The maximum Gasteiger partial charge on any atom is 0.420 e. The summed E-state index contributed by atoms with van der Waals surface area (Å²) in [5.41, 5.74) is 2.36. The first kappa shape index (κ1) is 21.9. The average molecular weight is 424 g/mol. The SMILES string of the molecule is CC(C)n1c(=O)oc2ccc(NCC3CCC(NS(=O)(=O)C(C)(C)C)CC3)cc21. The minimum Gasteiger partial charge on any atom is -0.408 e. The third kappa shape index (κ3) is 4.86. The summed E-state index contributed by atoms with van der Waals surface area (Å²) in [5.74, 6) is 0.168. The van der Waals surface area contributed by atoms with Crippen LogP contribution in [0.25, 0.3) is 11.1 Å². The highest BCUT2D eigenvalue weighted by Crippen LogP contribution is 2.27. The molecule has 1 aliphatic carbocycles. The van der Waals surface area contributed by atoms with E-state index in [2.05, 4.69) is 10.0 Å². The zero-order valence-electron chi connectivity index (χ0n) is 18.0. The average Bonchev–Trinajstić information content (AvgIpc) is 2.95. The third-order valence-corrected chi connectivity index (χ3v) is 7.95. The Labute approximate surface area is 172 Å². The van der Waals surface area contributed by atoms with Gasteiger partial charge in [0.25, 0.3) is 0 Å². The van der Waals surface area contributed by atoms with Crippen LogP contribution in [-0.4, -0.2) is 30.3 Å². The molecule has 1 heterocycles. The monoisotopic (exact) mass is 423 g/mol. The van der Waals surface area contributed by atoms with Gasteiger partial charge in [-0.05, 0) is 84.4 Å². The molecule has 0 amide bonds. The van der Waals surface area contributed by atoms with Gasteiger partial charge in [0.2, 0.25) is 10.0 Å². The standard InChI is InChI=1S/C21H33N3O4S/c1-14(2)24-18-12-17(10-11-19(18)28-20(24)25)22-13-15-6-8-16(9-7-15)23-29(26,27)21(3,4)5/h10-12,14-16,22-23H,6-9,13H2,1-5H3. The zero-order chi connectivity index (χ0) is 21.4. The van der Waals surface area contributed by atoms with Crippen LogP contribution in [-0.2, 0) is 10.0 Å². The van der Waals surface area contributed by atoms with E-state index in [0.717, 1.165) is 43.4 Å². The minimum absolute atomic E-state index is 0.0261. The molecule has 0 unspecified atom stereocenters. The number of sulfonamides is 1. The number of oxazole rings is 1. The quantitative estimate of drug-likeness (QED) is 0.736. The molecular weight excluding hydrogens is 390 g/mol. The Morgan fingerprint density at radius 1 is 1.17 bits per heavy atom. The predicted octanol–water partition coefficient (Wildman–Crippen LogP) is 3.86.